The van der Waals surface area contributed by atoms with E-state index in [1.54, 1.807) is 0 Å². The molecule has 3 aromatic rings. The van der Waals surface area contributed by atoms with Crippen molar-refractivity contribution < 1.29 is 0 Å². The van der Waals surface area contributed by atoms with E-state index in [0.29, 0.717) is 0 Å². The van der Waals surface area contributed by atoms with Crippen molar-refractivity contribution in [3.63, 3.8) is 0 Å². The molecule has 0 atom stereocenters. The van der Waals surface area contributed by atoms with Gasteiger partial charge in [-0.25, -0.2) is 0 Å². The number of hydrogen-bond donors (Lipinski definition) is 0. The van der Waals surface area contributed by atoms with E-state index in [4.69, 9.17) is 0 Å². The van der Waals surface area contributed by atoms with E-state index >= 15 is 0 Å². The predicted octanol–water partition coefficient (Wildman–Crippen LogP) is 4.39. The molecule has 1 saturated heterocycles. The number of piperazine rings is 1. The highest BCUT2D eigenvalue weighted by atomic mass is 15.3. The Hall–Kier alpha value is -2.56. The third kappa shape index (κ3) is 4.89. The lowest BCUT2D eigenvalue weighted by Crippen LogP contribution is -2.45. The molecule has 0 N–H and O–H groups in total. The number of pyridine rings is 2. The smallest absolute Gasteiger partial charge is 0.0705 e. The van der Waals surface area contributed by atoms with Crippen molar-refractivity contribution in [2.75, 3.05) is 26.2 Å². The lowest BCUT2D eigenvalue weighted by atomic mass is 9.98. The van der Waals surface area contributed by atoms with Crippen LogP contribution in [-0.4, -0.2) is 45.9 Å². The number of nitrogens with zero attached hydrogens (tertiary/aromatic N) is 4. The molecule has 0 amide bonds. The van der Waals surface area contributed by atoms with Gasteiger partial charge in [-0.2, -0.15) is 0 Å². The molecule has 1 aliphatic heterocycles. The van der Waals surface area contributed by atoms with E-state index in [9.17, 15) is 0 Å². The van der Waals surface area contributed by atoms with E-state index in [0.717, 1.165) is 45.0 Å². The molecule has 4 nitrogen and oxygen atoms in total. The first-order chi connectivity index (χ1) is 14.1. The molecule has 1 aliphatic rings. The van der Waals surface area contributed by atoms with Crippen LogP contribution in [0.3, 0.4) is 0 Å². The van der Waals surface area contributed by atoms with Gasteiger partial charge < -0.3 is 0 Å². The van der Waals surface area contributed by atoms with Crippen molar-refractivity contribution in [2.45, 2.75) is 33.9 Å². The molecule has 3 heterocycles. The predicted molar refractivity (Wildman–Crippen MR) is 119 cm³/mol. The first-order valence-electron chi connectivity index (χ1n) is 10.5. The fourth-order valence-corrected chi connectivity index (χ4v) is 4.02. The van der Waals surface area contributed by atoms with Gasteiger partial charge in [-0.1, -0.05) is 0 Å². The number of rotatable bonds is 5. The summed E-state index contributed by atoms with van der Waals surface area (Å²) in [7, 11) is 0. The van der Waals surface area contributed by atoms with Crippen LogP contribution >= 0.6 is 0 Å². The Morgan fingerprint density at radius 3 is 1.90 bits per heavy atom. The third-order valence-corrected chi connectivity index (χ3v) is 6.07. The van der Waals surface area contributed by atoms with Crippen molar-refractivity contribution in [2.24, 2.45) is 0 Å². The van der Waals surface area contributed by atoms with Crippen molar-refractivity contribution in [3.8, 4) is 11.3 Å². The second-order valence-electron chi connectivity index (χ2n) is 8.19. The Bertz CT molecular complexity index is 937. The van der Waals surface area contributed by atoms with Crippen LogP contribution in [0.1, 0.15) is 27.8 Å². The highest BCUT2D eigenvalue weighted by molar-refractivity contribution is 5.63. The number of benzene rings is 1. The molecule has 0 radical (unpaired) electrons. The molecule has 29 heavy (non-hydrogen) atoms. The largest absolute Gasteiger partial charge is 0.297 e. The van der Waals surface area contributed by atoms with Crippen molar-refractivity contribution >= 4 is 0 Å². The normalized spacial score (nSPS) is 15.6. The molecule has 4 rings (SSSR count). The molecule has 150 valence electrons. The van der Waals surface area contributed by atoms with Crippen LogP contribution in [0.15, 0.2) is 55.0 Å². The lowest BCUT2D eigenvalue weighted by molar-refractivity contribution is 0.122. The van der Waals surface area contributed by atoms with Crippen LogP contribution in [0.4, 0.5) is 0 Å². The standard InChI is InChI=1S/C25H30N4/c1-19-14-24(15-20(2)21(19)3)25-16-23(6-9-27-25)18-29-12-10-28(11-13-29)17-22-4-7-26-8-5-22/h4-9,14-16H,10-13,17-18H2,1-3H3. The summed E-state index contributed by atoms with van der Waals surface area (Å²) in [6.45, 7) is 13.0. The minimum Gasteiger partial charge on any atom is -0.297 e. The monoisotopic (exact) mass is 386 g/mol. The van der Waals surface area contributed by atoms with Crippen LogP contribution in [0.25, 0.3) is 11.3 Å². The Morgan fingerprint density at radius 2 is 1.28 bits per heavy atom. The minimum atomic E-state index is 0.989. The Kier molecular flexibility index (Phi) is 6.02. The summed E-state index contributed by atoms with van der Waals surface area (Å²) >= 11 is 0. The van der Waals surface area contributed by atoms with Crippen LogP contribution in [0.2, 0.25) is 0 Å². The summed E-state index contributed by atoms with van der Waals surface area (Å²) in [5.41, 5.74) is 9.01. The van der Waals surface area contributed by atoms with Gasteiger partial charge in [0.25, 0.3) is 0 Å². The van der Waals surface area contributed by atoms with Gasteiger partial charge in [-0.3, -0.25) is 19.8 Å². The Labute approximate surface area is 174 Å². The highest BCUT2D eigenvalue weighted by Crippen LogP contribution is 2.24. The third-order valence-electron chi connectivity index (χ3n) is 6.07. The van der Waals surface area contributed by atoms with Crippen molar-refractivity contribution in [1.82, 2.24) is 19.8 Å². The molecule has 2 aromatic heterocycles. The lowest BCUT2D eigenvalue weighted by Gasteiger charge is -2.34. The van der Waals surface area contributed by atoms with Crippen LogP contribution in [0, 0.1) is 20.8 Å². The summed E-state index contributed by atoms with van der Waals surface area (Å²) in [6.07, 6.45) is 5.71. The molecule has 0 bridgehead atoms. The van der Waals surface area contributed by atoms with Gasteiger partial charge in [0.1, 0.15) is 0 Å². The average molecular weight is 387 g/mol. The molecule has 1 fully saturated rings. The van der Waals surface area contributed by atoms with Gasteiger partial charge >= 0.3 is 0 Å². The SMILES string of the molecule is Cc1cc(-c2cc(CN3CCN(Cc4ccncc4)CC3)ccn2)cc(C)c1C. The number of aryl methyl sites for hydroxylation is 2. The second-order valence-corrected chi connectivity index (χ2v) is 8.19. The molecule has 0 saturated carbocycles. The van der Waals surface area contributed by atoms with Gasteiger partial charge in [0, 0.05) is 63.4 Å². The second kappa shape index (κ2) is 8.85. The zero-order chi connectivity index (χ0) is 20.2. The summed E-state index contributed by atoms with van der Waals surface area (Å²) in [5, 5.41) is 0. The quantitative estimate of drug-likeness (QED) is 0.651. The van der Waals surface area contributed by atoms with Gasteiger partial charge in [-0.05, 0) is 85.0 Å². The van der Waals surface area contributed by atoms with E-state index in [-0.39, 0.29) is 0 Å². The molecular weight excluding hydrogens is 356 g/mol. The Balaban J connectivity index is 1.38. The maximum absolute atomic E-state index is 4.64. The first-order valence-corrected chi connectivity index (χ1v) is 10.5. The molecule has 0 aliphatic carbocycles. The number of hydrogen-bond acceptors (Lipinski definition) is 4. The highest BCUT2D eigenvalue weighted by Gasteiger charge is 2.17. The van der Waals surface area contributed by atoms with Crippen LogP contribution in [0.5, 0.6) is 0 Å². The molecule has 1 aromatic carbocycles. The summed E-state index contributed by atoms with van der Waals surface area (Å²) in [4.78, 5) is 13.8. The molecule has 0 unspecified atom stereocenters. The van der Waals surface area contributed by atoms with Crippen LogP contribution < -0.4 is 0 Å². The molecule has 0 spiro atoms. The molecule has 4 heteroatoms. The first kappa shape index (κ1) is 19.7. The van der Waals surface area contributed by atoms with Crippen molar-refractivity contribution in [3.05, 3.63) is 82.8 Å². The van der Waals surface area contributed by atoms with Crippen LogP contribution in [-0.2, 0) is 13.1 Å². The van der Waals surface area contributed by atoms with E-state index in [2.05, 4.69) is 76.9 Å². The van der Waals surface area contributed by atoms with Gasteiger partial charge in [-0.15, -0.1) is 0 Å². The maximum atomic E-state index is 4.64. The summed E-state index contributed by atoms with van der Waals surface area (Å²) in [5.74, 6) is 0. The fraction of sp³-hybridized carbons (Fsp3) is 0.360. The van der Waals surface area contributed by atoms with Gasteiger partial charge in [0.05, 0.1) is 5.69 Å². The summed E-state index contributed by atoms with van der Waals surface area (Å²) < 4.78 is 0. The average Bonchev–Trinajstić information content (AvgIpc) is 2.74. The topological polar surface area (TPSA) is 32.3 Å². The maximum Gasteiger partial charge on any atom is 0.0705 e. The number of aromatic nitrogens is 2. The molecular formula is C25H30N4. The van der Waals surface area contributed by atoms with E-state index in [1.165, 1.54) is 33.4 Å². The van der Waals surface area contributed by atoms with Crippen molar-refractivity contribution in [1.29, 1.82) is 0 Å². The zero-order valence-electron chi connectivity index (χ0n) is 17.7. The summed E-state index contributed by atoms with van der Waals surface area (Å²) in [6, 6.07) is 13.1. The van der Waals surface area contributed by atoms with Gasteiger partial charge in [0.2, 0.25) is 0 Å². The minimum absolute atomic E-state index is 0.989. The zero-order valence-corrected chi connectivity index (χ0v) is 17.7. The Morgan fingerprint density at radius 1 is 0.724 bits per heavy atom. The van der Waals surface area contributed by atoms with Gasteiger partial charge in [0.15, 0.2) is 0 Å². The fourth-order valence-electron chi connectivity index (χ4n) is 4.02. The van der Waals surface area contributed by atoms with E-state index in [1.807, 2.05) is 18.6 Å². The van der Waals surface area contributed by atoms with E-state index < -0.39 is 0 Å².